The van der Waals surface area contributed by atoms with Crippen molar-refractivity contribution in [2.24, 2.45) is 4.99 Å². The number of guanidine groups is 1. The van der Waals surface area contributed by atoms with E-state index in [-0.39, 0.29) is 48.3 Å². The van der Waals surface area contributed by atoms with Crippen LogP contribution in [-0.2, 0) is 11.2 Å². The molecule has 1 unspecified atom stereocenters. The van der Waals surface area contributed by atoms with Crippen molar-refractivity contribution in [1.29, 1.82) is 0 Å². The van der Waals surface area contributed by atoms with Crippen LogP contribution in [0.1, 0.15) is 25.3 Å². The van der Waals surface area contributed by atoms with Crippen molar-refractivity contribution in [3.63, 3.8) is 0 Å². The van der Waals surface area contributed by atoms with Crippen molar-refractivity contribution in [1.82, 2.24) is 15.6 Å². The monoisotopic (exact) mass is 552 g/mol. The molecule has 32 heavy (non-hydrogen) atoms. The van der Waals surface area contributed by atoms with E-state index in [1.165, 1.54) is 11.6 Å². The minimum Gasteiger partial charge on any atom is -0.357 e. The van der Waals surface area contributed by atoms with Gasteiger partial charge in [-0.3, -0.25) is 4.79 Å². The fourth-order valence-electron chi connectivity index (χ4n) is 4.22. The van der Waals surface area contributed by atoms with Crippen molar-refractivity contribution >= 4 is 47.3 Å². The first-order valence-electron chi connectivity index (χ1n) is 10.9. The van der Waals surface area contributed by atoms with Crippen molar-refractivity contribution in [3.8, 4) is 0 Å². The molecular weight excluding hydrogens is 522 g/mol. The smallest absolute Gasteiger partial charge is 0.248 e. The van der Waals surface area contributed by atoms with E-state index >= 15 is 0 Å². The summed E-state index contributed by atoms with van der Waals surface area (Å²) in [6, 6.07) is 11.2. The summed E-state index contributed by atoms with van der Waals surface area (Å²) < 4.78 is 14.0. The number of amides is 1. The molecule has 0 bridgehead atoms. The number of pyridine rings is 1. The van der Waals surface area contributed by atoms with Gasteiger partial charge in [-0.15, -0.1) is 24.0 Å². The van der Waals surface area contributed by atoms with Gasteiger partial charge in [-0.05, 0) is 49.9 Å². The van der Waals surface area contributed by atoms with E-state index in [1.807, 2.05) is 34.9 Å². The van der Waals surface area contributed by atoms with Crippen LogP contribution in [0.15, 0.2) is 47.6 Å². The summed E-state index contributed by atoms with van der Waals surface area (Å²) in [5.74, 6) is 0.672. The molecule has 0 radical (unpaired) electrons. The minimum atomic E-state index is -0.309. The number of hydrogen-bond acceptors (Lipinski definition) is 4. The minimum absolute atomic E-state index is 0. The van der Waals surface area contributed by atoms with E-state index in [1.54, 1.807) is 12.3 Å². The largest absolute Gasteiger partial charge is 0.357 e. The lowest BCUT2D eigenvalue weighted by Gasteiger charge is -2.29. The summed E-state index contributed by atoms with van der Waals surface area (Å²) >= 11 is 0. The van der Waals surface area contributed by atoms with E-state index in [9.17, 15) is 9.18 Å². The Morgan fingerprint density at radius 3 is 2.91 bits per heavy atom. The van der Waals surface area contributed by atoms with Crippen LogP contribution >= 0.6 is 24.0 Å². The number of nitrogens with one attached hydrogen (secondary N) is 2. The van der Waals surface area contributed by atoms with Crippen molar-refractivity contribution in [3.05, 3.63) is 54.0 Å². The van der Waals surface area contributed by atoms with Crippen LogP contribution in [0, 0.1) is 5.82 Å². The lowest BCUT2D eigenvalue weighted by Crippen LogP contribution is -2.45. The molecule has 4 rings (SSSR count). The van der Waals surface area contributed by atoms with Gasteiger partial charge in [0.05, 0.1) is 0 Å². The molecule has 2 aliphatic rings. The third-order valence-corrected chi connectivity index (χ3v) is 5.70. The molecule has 1 saturated heterocycles. The molecule has 2 aromatic rings. The zero-order valence-electron chi connectivity index (χ0n) is 18.3. The van der Waals surface area contributed by atoms with E-state index in [2.05, 4.69) is 26.7 Å². The second-order valence-corrected chi connectivity index (χ2v) is 7.86. The first-order valence-corrected chi connectivity index (χ1v) is 10.9. The Labute approximate surface area is 205 Å². The number of aryl methyl sites for hydroxylation is 1. The number of fused-ring (bicyclic) bond motifs is 1. The number of benzene rings is 1. The third-order valence-electron chi connectivity index (χ3n) is 5.70. The molecule has 1 fully saturated rings. The van der Waals surface area contributed by atoms with Crippen LogP contribution in [0.3, 0.4) is 0 Å². The highest BCUT2D eigenvalue weighted by Crippen LogP contribution is 2.26. The van der Waals surface area contributed by atoms with Crippen LogP contribution in [0.5, 0.6) is 0 Å². The van der Waals surface area contributed by atoms with E-state index in [0.29, 0.717) is 31.4 Å². The summed E-state index contributed by atoms with van der Waals surface area (Å²) in [6.45, 7) is 4.83. The zero-order valence-corrected chi connectivity index (χ0v) is 20.6. The zero-order chi connectivity index (χ0) is 21.6. The molecule has 2 aliphatic heterocycles. The fourth-order valence-corrected chi connectivity index (χ4v) is 4.22. The fraction of sp³-hybridized carbons (Fsp3) is 0.435. The van der Waals surface area contributed by atoms with E-state index in [4.69, 9.17) is 0 Å². The summed E-state index contributed by atoms with van der Waals surface area (Å²) in [6.07, 6.45) is 4.41. The van der Waals surface area contributed by atoms with Crippen molar-refractivity contribution in [2.75, 3.05) is 42.5 Å². The number of carbonyl (C=O) groups is 1. The molecule has 172 valence electrons. The number of halogens is 2. The predicted octanol–water partition coefficient (Wildman–Crippen LogP) is 2.95. The SMILES string of the molecule is CCNC(=NCC(=O)N1CCCc2ccccc21)NC1CCN(c2ncccc2F)C1.I. The molecule has 1 amide bonds. The molecule has 9 heteroatoms. The maximum absolute atomic E-state index is 14.0. The van der Waals surface area contributed by atoms with Crippen LogP contribution in [-0.4, -0.2) is 55.6 Å². The Morgan fingerprint density at radius 1 is 1.25 bits per heavy atom. The Morgan fingerprint density at radius 2 is 2.09 bits per heavy atom. The number of rotatable bonds is 5. The highest BCUT2D eigenvalue weighted by molar-refractivity contribution is 14.0. The van der Waals surface area contributed by atoms with Gasteiger partial charge >= 0.3 is 0 Å². The maximum Gasteiger partial charge on any atom is 0.248 e. The Hall–Kier alpha value is -2.43. The second-order valence-electron chi connectivity index (χ2n) is 7.86. The first kappa shape index (κ1) is 24.2. The standard InChI is InChI=1S/C23H29FN6O.HI/c1-2-25-23(28-18-11-14-29(16-18)22-19(24)9-5-12-26-22)27-15-21(31)30-13-6-8-17-7-3-4-10-20(17)30;/h3-5,7,9-10,12,18H,2,6,8,11,13-16H2,1H3,(H2,25,27,28);1H. The highest BCUT2D eigenvalue weighted by atomic mass is 127. The number of anilines is 2. The quantitative estimate of drug-likeness (QED) is 0.339. The number of para-hydroxylation sites is 1. The molecule has 1 atom stereocenters. The van der Waals surface area contributed by atoms with Crippen LogP contribution in [0.25, 0.3) is 0 Å². The molecule has 0 saturated carbocycles. The number of nitrogens with zero attached hydrogens (tertiary/aromatic N) is 4. The van der Waals surface area contributed by atoms with E-state index in [0.717, 1.165) is 31.5 Å². The van der Waals surface area contributed by atoms with Gasteiger partial charge in [0, 0.05) is 44.1 Å². The highest BCUT2D eigenvalue weighted by Gasteiger charge is 2.26. The number of carbonyl (C=O) groups excluding carboxylic acids is 1. The molecule has 2 N–H and O–H groups in total. The van der Waals surface area contributed by atoms with Crippen molar-refractivity contribution in [2.45, 2.75) is 32.2 Å². The summed E-state index contributed by atoms with van der Waals surface area (Å²) in [4.78, 5) is 25.4. The third kappa shape index (κ3) is 5.67. The number of aromatic nitrogens is 1. The summed E-state index contributed by atoms with van der Waals surface area (Å²) in [5.41, 5.74) is 2.21. The molecule has 0 spiro atoms. The van der Waals surface area contributed by atoms with Crippen LogP contribution in [0.2, 0.25) is 0 Å². The number of aliphatic imine (C=N–C) groups is 1. The van der Waals surface area contributed by atoms with Gasteiger partial charge in [0.2, 0.25) is 5.91 Å². The number of hydrogen-bond donors (Lipinski definition) is 2. The lowest BCUT2D eigenvalue weighted by molar-refractivity contribution is -0.117. The molecular formula is C23H30FIN6O. The average molecular weight is 552 g/mol. The first-order chi connectivity index (χ1) is 15.2. The normalized spacial score (nSPS) is 18.1. The topological polar surface area (TPSA) is 72.9 Å². The van der Waals surface area contributed by atoms with Gasteiger partial charge in [0.15, 0.2) is 17.6 Å². The summed E-state index contributed by atoms with van der Waals surface area (Å²) in [7, 11) is 0. The second kappa shape index (κ2) is 11.4. The van der Waals surface area contributed by atoms with Gasteiger partial charge < -0.3 is 20.4 Å². The maximum atomic E-state index is 14.0. The van der Waals surface area contributed by atoms with Gasteiger partial charge in [-0.25, -0.2) is 14.4 Å². The van der Waals surface area contributed by atoms with Gasteiger partial charge in [0.25, 0.3) is 0 Å². The molecule has 0 aliphatic carbocycles. The van der Waals surface area contributed by atoms with Crippen molar-refractivity contribution < 1.29 is 9.18 Å². The Kier molecular flexibility index (Phi) is 8.66. The summed E-state index contributed by atoms with van der Waals surface area (Å²) in [5, 5.41) is 6.60. The molecule has 1 aromatic heterocycles. The Balaban J connectivity index is 0.00000289. The van der Waals surface area contributed by atoms with Gasteiger partial charge in [-0.1, -0.05) is 18.2 Å². The predicted molar refractivity (Wildman–Crippen MR) is 136 cm³/mol. The van der Waals surface area contributed by atoms with Crippen LogP contribution < -0.4 is 20.4 Å². The van der Waals surface area contributed by atoms with Gasteiger partial charge in [-0.2, -0.15) is 0 Å². The molecule has 1 aromatic carbocycles. The average Bonchev–Trinajstić information content (AvgIpc) is 3.25. The molecule has 7 nitrogen and oxygen atoms in total. The van der Waals surface area contributed by atoms with E-state index < -0.39 is 0 Å². The lowest BCUT2D eigenvalue weighted by atomic mass is 10.0. The Bertz CT molecular complexity index is 956. The molecule has 3 heterocycles. The van der Waals surface area contributed by atoms with Gasteiger partial charge in [0.1, 0.15) is 6.54 Å². The van der Waals surface area contributed by atoms with Crippen LogP contribution in [0.4, 0.5) is 15.9 Å².